The van der Waals surface area contributed by atoms with Crippen molar-refractivity contribution in [2.24, 2.45) is 11.0 Å². The molecule has 1 aromatic carbocycles. The molecular weight excluding hydrogens is 354 g/mol. The van der Waals surface area contributed by atoms with Gasteiger partial charge in [0.15, 0.2) is 0 Å². The lowest BCUT2D eigenvalue weighted by molar-refractivity contribution is 0.0730. The summed E-state index contributed by atoms with van der Waals surface area (Å²) >= 11 is 0. The number of rotatable bonds is 5. The van der Waals surface area contributed by atoms with Crippen LogP contribution < -0.4 is 5.43 Å². The Morgan fingerprint density at radius 1 is 1.27 bits per heavy atom. The van der Waals surface area contributed by atoms with E-state index < -0.39 is 15.9 Å². The predicted molar refractivity (Wildman–Crippen MR) is 98.5 cm³/mol. The third-order valence-electron chi connectivity index (χ3n) is 4.47. The number of carbonyl (C=O) groups excluding carboxylic acids is 1. The van der Waals surface area contributed by atoms with Crippen LogP contribution in [0.4, 0.5) is 0 Å². The van der Waals surface area contributed by atoms with Gasteiger partial charge in [0.25, 0.3) is 5.91 Å². The Bertz CT molecular complexity index is 798. The SMILES string of the molecule is O=C(N/N=C\[C@@H]1CC=CCC1)c1cccc(S(=O)(=O)N2CCOCC2)c1. The quantitative estimate of drug-likeness (QED) is 0.481. The number of allylic oxidation sites excluding steroid dienone is 2. The number of hydrazone groups is 1. The lowest BCUT2D eigenvalue weighted by Gasteiger charge is -2.26. The van der Waals surface area contributed by atoms with E-state index in [1.807, 2.05) is 0 Å². The highest BCUT2D eigenvalue weighted by molar-refractivity contribution is 7.89. The molecule has 26 heavy (non-hydrogen) atoms. The van der Waals surface area contributed by atoms with E-state index in [2.05, 4.69) is 22.7 Å². The average molecular weight is 377 g/mol. The van der Waals surface area contributed by atoms with E-state index in [0.29, 0.717) is 32.2 Å². The first kappa shape index (κ1) is 18.8. The summed E-state index contributed by atoms with van der Waals surface area (Å²) in [5, 5.41) is 4.02. The Labute approximate surface area is 153 Å². The Kier molecular flexibility index (Phi) is 6.18. The Balaban J connectivity index is 1.67. The maximum absolute atomic E-state index is 12.7. The maximum atomic E-state index is 12.7. The average Bonchev–Trinajstić information content (AvgIpc) is 2.69. The summed E-state index contributed by atoms with van der Waals surface area (Å²) in [7, 11) is -3.63. The smallest absolute Gasteiger partial charge is 0.271 e. The van der Waals surface area contributed by atoms with Crippen LogP contribution >= 0.6 is 0 Å². The highest BCUT2D eigenvalue weighted by Crippen LogP contribution is 2.18. The van der Waals surface area contributed by atoms with Crippen LogP contribution in [0.15, 0.2) is 46.4 Å². The van der Waals surface area contributed by atoms with Crippen molar-refractivity contribution >= 4 is 22.1 Å². The van der Waals surface area contributed by atoms with Crippen molar-refractivity contribution in [3.8, 4) is 0 Å². The third kappa shape index (κ3) is 4.57. The zero-order chi connectivity index (χ0) is 18.4. The number of morpholine rings is 1. The maximum Gasteiger partial charge on any atom is 0.271 e. The van der Waals surface area contributed by atoms with E-state index in [9.17, 15) is 13.2 Å². The second kappa shape index (κ2) is 8.57. The monoisotopic (exact) mass is 377 g/mol. The molecule has 0 spiro atoms. The number of hydrogen-bond donors (Lipinski definition) is 1. The van der Waals surface area contributed by atoms with Gasteiger partial charge >= 0.3 is 0 Å². The van der Waals surface area contributed by atoms with Crippen LogP contribution in [0.1, 0.15) is 29.6 Å². The number of benzene rings is 1. The molecule has 1 N–H and O–H groups in total. The number of sulfonamides is 1. The molecule has 140 valence electrons. The van der Waals surface area contributed by atoms with Gasteiger partial charge in [-0.15, -0.1) is 0 Å². The largest absolute Gasteiger partial charge is 0.379 e. The minimum Gasteiger partial charge on any atom is -0.379 e. The van der Waals surface area contributed by atoms with Gasteiger partial charge in [0, 0.05) is 24.9 Å². The zero-order valence-corrected chi connectivity index (χ0v) is 15.3. The fraction of sp³-hybridized carbons (Fsp3) is 0.444. The van der Waals surface area contributed by atoms with Gasteiger partial charge in [-0.05, 0) is 43.4 Å². The minimum atomic E-state index is -3.63. The molecule has 1 aliphatic heterocycles. The van der Waals surface area contributed by atoms with E-state index in [1.165, 1.54) is 16.4 Å². The molecule has 1 aromatic rings. The number of carbonyl (C=O) groups is 1. The van der Waals surface area contributed by atoms with Crippen LogP contribution in [0, 0.1) is 5.92 Å². The summed E-state index contributed by atoms with van der Waals surface area (Å²) in [5.74, 6) is -0.0973. The van der Waals surface area contributed by atoms with E-state index in [-0.39, 0.29) is 10.5 Å². The van der Waals surface area contributed by atoms with Crippen LogP contribution in [0.25, 0.3) is 0 Å². The normalized spacial score (nSPS) is 21.8. The molecule has 1 aliphatic carbocycles. The minimum absolute atomic E-state index is 0.105. The molecule has 1 atom stereocenters. The summed E-state index contributed by atoms with van der Waals surface area (Å²) in [6.07, 6.45) is 8.96. The van der Waals surface area contributed by atoms with Crippen molar-refractivity contribution in [3.05, 3.63) is 42.0 Å². The molecule has 2 aliphatic rings. The van der Waals surface area contributed by atoms with Gasteiger partial charge in [-0.25, -0.2) is 13.8 Å². The van der Waals surface area contributed by atoms with Crippen molar-refractivity contribution < 1.29 is 17.9 Å². The molecule has 1 amide bonds. The fourth-order valence-corrected chi connectivity index (χ4v) is 4.41. The standard InChI is InChI=1S/C18H23N3O4S/c22-18(20-19-14-15-5-2-1-3-6-15)16-7-4-8-17(13-16)26(23,24)21-9-11-25-12-10-21/h1-2,4,7-8,13-15H,3,5-6,9-12H2,(H,20,22)/b19-14-/t15-/m1/s1. The molecular formula is C18H23N3O4S. The number of nitrogens with one attached hydrogen (secondary N) is 1. The summed E-state index contributed by atoms with van der Waals surface area (Å²) in [5.41, 5.74) is 2.75. The first-order valence-electron chi connectivity index (χ1n) is 8.74. The van der Waals surface area contributed by atoms with Gasteiger partial charge in [0.05, 0.1) is 18.1 Å². The van der Waals surface area contributed by atoms with Crippen LogP contribution in [0.3, 0.4) is 0 Å². The highest BCUT2D eigenvalue weighted by Gasteiger charge is 2.26. The summed E-state index contributed by atoms with van der Waals surface area (Å²) in [4.78, 5) is 12.4. The summed E-state index contributed by atoms with van der Waals surface area (Å²) in [6.45, 7) is 1.40. The Hall–Kier alpha value is -2.03. The van der Waals surface area contributed by atoms with Crippen molar-refractivity contribution in [3.63, 3.8) is 0 Å². The zero-order valence-electron chi connectivity index (χ0n) is 14.5. The van der Waals surface area contributed by atoms with Gasteiger partial charge in [-0.3, -0.25) is 4.79 Å². The molecule has 0 unspecified atom stereocenters. The van der Waals surface area contributed by atoms with E-state index in [4.69, 9.17) is 4.74 Å². The first-order chi connectivity index (χ1) is 12.6. The molecule has 1 heterocycles. The second-order valence-electron chi connectivity index (χ2n) is 6.31. The van der Waals surface area contributed by atoms with E-state index in [1.54, 1.807) is 18.3 Å². The Morgan fingerprint density at radius 2 is 2.08 bits per heavy atom. The number of nitrogens with zero attached hydrogens (tertiary/aromatic N) is 2. The molecule has 0 bridgehead atoms. The van der Waals surface area contributed by atoms with Crippen molar-refractivity contribution in [1.82, 2.24) is 9.73 Å². The van der Waals surface area contributed by atoms with Crippen molar-refractivity contribution in [2.75, 3.05) is 26.3 Å². The first-order valence-corrected chi connectivity index (χ1v) is 10.2. The molecule has 8 heteroatoms. The topological polar surface area (TPSA) is 88.1 Å². The Morgan fingerprint density at radius 3 is 2.81 bits per heavy atom. The van der Waals surface area contributed by atoms with Gasteiger partial charge in [0.1, 0.15) is 0 Å². The highest BCUT2D eigenvalue weighted by atomic mass is 32.2. The van der Waals surface area contributed by atoms with Crippen LogP contribution in [0.5, 0.6) is 0 Å². The number of ether oxygens (including phenoxy) is 1. The van der Waals surface area contributed by atoms with Gasteiger partial charge in [-0.1, -0.05) is 18.2 Å². The van der Waals surface area contributed by atoms with E-state index >= 15 is 0 Å². The van der Waals surface area contributed by atoms with Gasteiger partial charge < -0.3 is 4.74 Å². The fourth-order valence-electron chi connectivity index (χ4n) is 2.95. The number of hydrogen-bond acceptors (Lipinski definition) is 5. The number of amides is 1. The van der Waals surface area contributed by atoms with E-state index in [0.717, 1.165) is 19.3 Å². The van der Waals surface area contributed by atoms with Gasteiger partial charge in [0.2, 0.25) is 10.0 Å². The molecule has 0 aromatic heterocycles. The molecule has 0 saturated carbocycles. The molecule has 1 fully saturated rings. The van der Waals surface area contributed by atoms with Crippen LogP contribution in [0.2, 0.25) is 0 Å². The summed E-state index contributed by atoms with van der Waals surface area (Å²) < 4.78 is 31.9. The van der Waals surface area contributed by atoms with Crippen molar-refractivity contribution in [2.45, 2.75) is 24.2 Å². The summed E-state index contributed by atoms with van der Waals surface area (Å²) in [6, 6.07) is 6.03. The third-order valence-corrected chi connectivity index (χ3v) is 6.36. The van der Waals surface area contributed by atoms with Crippen LogP contribution in [-0.2, 0) is 14.8 Å². The van der Waals surface area contributed by atoms with Crippen molar-refractivity contribution in [1.29, 1.82) is 0 Å². The molecule has 0 radical (unpaired) electrons. The molecule has 7 nitrogen and oxygen atoms in total. The second-order valence-corrected chi connectivity index (χ2v) is 8.25. The van der Waals surface area contributed by atoms with Crippen LogP contribution in [-0.4, -0.2) is 51.1 Å². The lowest BCUT2D eigenvalue weighted by atomic mass is 9.96. The lowest BCUT2D eigenvalue weighted by Crippen LogP contribution is -2.40. The molecule has 3 rings (SSSR count). The van der Waals surface area contributed by atoms with Gasteiger partial charge in [-0.2, -0.15) is 9.41 Å². The molecule has 1 saturated heterocycles. The predicted octanol–water partition coefficient (Wildman–Crippen LogP) is 1.78.